The van der Waals surface area contributed by atoms with Crippen molar-refractivity contribution in [3.63, 3.8) is 0 Å². The van der Waals surface area contributed by atoms with Crippen molar-refractivity contribution >= 4 is 11.9 Å². The molecule has 2 unspecified atom stereocenters. The number of benzene rings is 2. The number of nitrogens with zero attached hydrogens (tertiary/aromatic N) is 2. The lowest BCUT2D eigenvalue weighted by Crippen LogP contribution is -2.69. The average Bonchev–Trinajstić information content (AvgIpc) is 3.55. The van der Waals surface area contributed by atoms with E-state index in [2.05, 4.69) is 22.8 Å². The molecule has 202 valence electrons. The van der Waals surface area contributed by atoms with Gasteiger partial charge in [0.15, 0.2) is 11.5 Å². The van der Waals surface area contributed by atoms with Crippen LogP contribution in [-0.4, -0.2) is 71.2 Å². The maximum Gasteiger partial charge on any atom is 0.302 e. The second-order valence-corrected chi connectivity index (χ2v) is 12.0. The molecular weight excluding hydrogens is 492 g/mol. The predicted octanol–water partition coefficient (Wildman–Crippen LogP) is 3.26. The largest absolute Gasteiger partial charge is 0.504 e. The highest BCUT2D eigenvalue weighted by Gasteiger charge is 2.66. The first-order chi connectivity index (χ1) is 18.9. The van der Waals surface area contributed by atoms with Gasteiger partial charge in [-0.2, -0.15) is 0 Å². The molecular formula is C32H34N2O5. The number of ether oxygens (including phenoxy) is 2. The predicted molar refractivity (Wildman–Crippen MR) is 144 cm³/mol. The molecule has 7 nitrogen and oxygen atoms in total. The van der Waals surface area contributed by atoms with Crippen molar-refractivity contribution in [1.29, 1.82) is 0 Å². The van der Waals surface area contributed by atoms with E-state index in [-0.39, 0.29) is 41.3 Å². The van der Waals surface area contributed by atoms with Crippen molar-refractivity contribution in [2.45, 2.75) is 68.7 Å². The molecule has 39 heavy (non-hydrogen) atoms. The number of rotatable bonds is 4. The summed E-state index contributed by atoms with van der Waals surface area (Å²) in [7, 11) is 1.84. The Morgan fingerprint density at radius 2 is 2.03 bits per heavy atom. The smallest absolute Gasteiger partial charge is 0.302 e. The van der Waals surface area contributed by atoms with Gasteiger partial charge in [0.1, 0.15) is 12.2 Å². The van der Waals surface area contributed by atoms with E-state index in [1.54, 1.807) is 11.0 Å². The van der Waals surface area contributed by atoms with Crippen LogP contribution in [0.25, 0.3) is 0 Å². The number of phenolic OH excluding ortho intramolecular Hbond substituents is 1. The van der Waals surface area contributed by atoms with Crippen molar-refractivity contribution in [2.75, 3.05) is 20.1 Å². The van der Waals surface area contributed by atoms with Crippen molar-refractivity contribution in [3.05, 3.63) is 59.2 Å². The van der Waals surface area contributed by atoms with Gasteiger partial charge < -0.3 is 19.5 Å². The summed E-state index contributed by atoms with van der Waals surface area (Å²) in [6.45, 7) is 3.35. The maximum atomic E-state index is 13.3. The maximum absolute atomic E-state index is 13.3. The average molecular weight is 527 g/mol. The van der Waals surface area contributed by atoms with E-state index in [4.69, 9.17) is 9.47 Å². The van der Waals surface area contributed by atoms with Gasteiger partial charge in [-0.05, 0) is 68.3 Å². The van der Waals surface area contributed by atoms with Crippen LogP contribution in [0, 0.1) is 23.7 Å². The molecule has 7 atom stereocenters. The second kappa shape index (κ2) is 9.02. The highest BCUT2D eigenvalue weighted by Crippen LogP contribution is 2.64. The third-order valence-corrected chi connectivity index (χ3v) is 9.95. The molecule has 3 fully saturated rings. The van der Waals surface area contributed by atoms with E-state index in [1.165, 1.54) is 18.1 Å². The number of hydrogen-bond acceptors (Lipinski definition) is 6. The summed E-state index contributed by atoms with van der Waals surface area (Å²) in [5.41, 5.74) is 3.02. The molecule has 2 bridgehead atoms. The number of carbonyl (C=O) groups excluding carboxylic acids is 2. The van der Waals surface area contributed by atoms with Crippen LogP contribution in [-0.2, 0) is 26.2 Å². The molecule has 7 heteroatoms. The lowest BCUT2D eigenvalue weighted by molar-refractivity contribution is -0.142. The van der Waals surface area contributed by atoms with E-state index < -0.39 is 0 Å². The van der Waals surface area contributed by atoms with Gasteiger partial charge in [-0.3, -0.25) is 14.5 Å². The van der Waals surface area contributed by atoms with Crippen LogP contribution in [0.2, 0.25) is 0 Å². The number of amides is 1. The van der Waals surface area contributed by atoms with Crippen molar-refractivity contribution in [1.82, 2.24) is 9.80 Å². The Morgan fingerprint density at radius 3 is 2.82 bits per heavy atom. The highest BCUT2D eigenvalue weighted by molar-refractivity contribution is 5.94. The third kappa shape index (κ3) is 3.83. The fourth-order valence-corrected chi connectivity index (χ4v) is 8.18. The molecule has 5 aliphatic rings. The first-order valence-corrected chi connectivity index (χ1v) is 14.1. The Bertz CT molecular complexity index is 1400. The van der Waals surface area contributed by atoms with E-state index in [0.29, 0.717) is 23.6 Å². The van der Waals surface area contributed by atoms with Gasteiger partial charge in [0.25, 0.3) is 5.91 Å². The fraction of sp³-hybridized carbons (Fsp3) is 0.500. The van der Waals surface area contributed by atoms with E-state index in [0.717, 1.165) is 50.8 Å². The quantitative estimate of drug-likeness (QED) is 0.487. The summed E-state index contributed by atoms with van der Waals surface area (Å²) in [6, 6.07) is 13.6. The summed E-state index contributed by atoms with van der Waals surface area (Å²) in [5, 5.41) is 10.9. The van der Waals surface area contributed by atoms with Gasteiger partial charge in [-0.1, -0.05) is 30.2 Å². The SMILES string of the molecule is CC(=O)OC1CC1CN1CC[C@]23c4c5ccc(O)c4O[C@H]2[C@@H](N(C)C(=O)C#Cc2ccccc2)CC[C@H]3[C@H]1C5. The van der Waals surface area contributed by atoms with Crippen LogP contribution in [0.1, 0.15) is 49.3 Å². The molecule has 2 saturated carbocycles. The standard InChI is InChI=1S/C32H34N2O5/c1-19(35)38-27-17-22(27)18-34-15-14-32-23-10-11-24(33(2)28(37)13-8-20-6-4-3-5-7-20)31(32)39-30-26(36)12-9-21(29(30)32)16-25(23)34/h3-7,9,12,22-25,27,31,36H,10-11,14-18H2,1-2H3/t22?,23-,24-,25+,27?,31-,32-/m0/s1. The van der Waals surface area contributed by atoms with Crippen LogP contribution in [0.3, 0.4) is 0 Å². The monoisotopic (exact) mass is 526 g/mol. The fourth-order valence-electron chi connectivity index (χ4n) is 8.18. The van der Waals surface area contributed by atoms with Crippen LogP contribution < -0.4 is 4.74 Å². The lowest BCUT2D eigenvalue weighted by Gasteiger charge is -2.60. The van der Waals surface area contributed by atoms with Gasteiger partial charge in [0.05, 0.1) is 6.04 Å². The zero-order valence-electron chi connectivity index (χ0n) is 22.4. The molecule has 2 heterocycles. The molecule has 7 rings (SSSR count). The molecule has 2 aromatic rings. The van der Waals surface area contributed by atoms with E-state index in [1.807, 2.05) is 37.4 Å². The molecule has 1 spiro atoms. The number of likely N-dealkylation sites (N-methyl/N-ethyl adjacent to an activating group) is 1. The third-order valence-electron chi connectivity index (χ3n) is 9.95. The van der Waals surface area contributed by atoms with Crippen LogP contribution in [0.15, 0.2) is 42.5 Å². The number of piperidine rings is 1. The minimum Gasteiger partial charge on any atom is -0.504 e. The summed E-state index contributed by atoms with van der Waals surface area (Å²) >= 11 is 0. The summed E-state index contributed by atoms with van der Waals surface area (Å²) in [6.07, 6.45) is 4.44. The summed E-state index contributed by atoms with van der Waals surface area (Å²) < 4.78 is 12.1. The Kier molecular flexibility index (Phi) is 5.68. The minimum absolute atomic E-state index is 0.0489. The van der Waals surface area contributed by atoms with Crippen molar-refractivity contribution in [3.8, 4) is 23.3 Å². The number of hydrogen-bond donors (Lipinski definition) is 1. The van der Waals surface area contributed by atoms with Gasteiger partial charge in [-0.25, -0.2) is 0 Å². The van der Waals surface area contributed by atoms with Crippen LogP contribution in [0.5, 0.6) is 11.5 Å². The van der Waals surface area contributed by atoms with Gasteiger partial charge in [-0.15, -0.1) is 0 Å². The van der Waals surface area contributed by atoms with Gasteiger partial charge >= 0.3 is 5.97 Å². The molecule has 0 radical (unpaired) electrons. The summed E-state index contributed by atoms with van der Waals surface area (Å²) in [4.78, 5) is 29.1. The Labute approximate surface area is 229 Å². The van der Waals surface area contributed by atoms with Crippen molar-refractivity contribution in [2.24, 2.45) is 11.8 Å². The zero-order valence-corrected chi connectivity index (χ0v) is 22.4. The zero-order chi connectivity index (χ0) is 26.9. The van der Waals surface area contributed by atoms with Gasteiger partial charge in [0, 0.05) is 54.9 Å². The summed E-state index contributed by atoms with van der Waals surface area (Å²) in [5.74, 6) is 7.03. The molecule has 0 aromatic heterocycles. The van der Waals surface area contributed by atoms with Crippen LogP contribution >= 0.6 is 0 Å². The first kappa shape index (κ1) is 24.5. The van der Waals surface area contributed by atoms with E-state index in [9.17, 15) is 14.7 Å². The van der Waals surface area contributed by atoms with Gasteiger partial charge in [0.2, 0.25) is 0 Å². The topological polar surface area (TPSA) is 79.3 Å². The number of phenols is 1. The lowest BCUT2D eigenvalue weighted by atomic mass is 9.51. The number of aromatic hydroxyl groups is 1. The second-order valence-electron chi connectivity index (χ2n) is 12.0. The Balaban J connectivity index is 1.18. The Morgan fingerprint density at radius 1 is 1.21 bits per heavy atom. The molecule has 1 saturated heterocycles. The molecule has 3 aliphatic carbocycles. The minimum atomic E-state index is -0.230. The molecule has 2 aliphatic heterocycles. The molecule has 1 N–H and O–H groups in total. The Hall–Kier alpha value is -3.50. The van der Waals surface area contributed by atoms with E-state index >= 15 is 0 Å². The molecule has 1 amide bonds. The first-order valence-electron chi connectivity index (χ1n) is 14.1. The van der Waals surface area contributed by atoms with Crippen molar-refractivity contribution < 1.29 is 24.2 Å². The number of carbonyl (C=O) groups is 2. The number of esters is 1. The molecule has 2 aromatic carbocycles. The number of likely N-dealkylation sites (tertiary alicyclic amines) is 1. The normalized spacial score (nSPS) is 33.2. The van der Waals surface area contributed by atoms with Crippen LogP contribution in [0.4, 0.5) is 0 Å². The highest BCUT2D eigenvalue weighted by atomic mass is 16.5.